The molecule has 0 aromatic heterocycles. The predicted molar refractivity (Wildman–Crippen MR) is 164 cm³/mol. The summed E-state index contributed by atoms with van der Waals surface area (Å²) in [5.74, 6) is 0.996. The molecule has 0 unspecified atom stereocenters. The standard InChI is InChI=1S/C36H42O2/c1-9-13-25-19-27(15-11-3)35(37)31(21-25)30-18-17-29(23(5)6)33(24(7)8)34(30)32-22-26(14-10-2)20-28(16-12-4)36(32)38/h9-12,17-24,37-38H,1-4,13-16H2,5-8H3. The number of phenolic OH excluding ortho intramolecular Hbond substituents is 2. The Morgan fingerprint density at radius 1 is 0.605 bits per heavy atom. The first kappa shape index (κ1) is 28.8. The molecule has 0 saturated heterocycles. The van der Waals surface area contributed by atoms with Gasteiger partial charge in [-0.3, -0.25) is 0 Å². The van der Waals surface area contributed by atoms with Crippen molar-refractivity contribution in [3.8, 4) is 33.8 Å². The van der Waals surface area contributed by atoms with E-state index < -0.39 is 0 Å². The van der Waals surface area contributed by atoms with Gasteiger partial charge in [-0.25, -0.2) is 0 Å². The first-order chi connectivity index (χ1) is 18.2. The average Bonchev–Trinajstić information content (AvgIpc) is 2.87. The summed E-state index contributed by atoms with van der Waals surface area (Å²) in [7, 11) is 0. The van der Waals surface area contributed by atoms with Crippen molar-refractivity contribution in [1.82, 2.24) is 0 Å². The lowest BCUT2D eigenvalue weighted by atomic mass is 9.79. The second-order valence-corrected chi connectivity index (χ2v) is 10.6. The van der Waals surface area contributed by atoms with Crippen LogP contribution in [0.15, 0.2) is 87.0 Å². The molecule has 0 saturated carbocycles. The van der Waals surface area contributed by atoms with Crippen LogP contribution in [0.1, 0.15) is 72.9 Å². The molecule has 0 atom stereocenters. The summed E-state index contributed by atoms with van der Waals surface area (Å²) in [6.45, 7) is 24.5. The van der Waals surface area contributed by atoms with Gasteiger partial charge in [-0.2, -0.15) is 0 Å². The third kappa shape index (κ3) is 5.86. The maximum Gasteiger partial charge on any atom is 0.126 e. The van der Waals surface area contributed by atoms with Gasteiger partial charge in [0.25, 0.3) is 0 Å². The van der Waals surface area contributed by atoms with E-state index in [9.17, 15) is 10.2 Å². The summed E-state index contributed by atoms with van der Waals surface area (Å²) in [4.78, 5) is 0. The zero-order valence-electron chi connectivity index (χ0n) is 23.5. The highest BCUT2D eigenvalue weighted by atomic mass is 16.3. The highest BCUT2D eigenvalue weighted by molar-refractivity contribution is 5.92. The van der Waals surface area contributed by atoms with E-state index in [1.165, 1.54) is 11.1 Å². The van der Waals surface area contributed by atoms with Crippen LogP contribution in [0.2, 0.25) is 0 Å². The van der Waals surface area contributed by atoms with Gasteiger partial charge in [0.2, 0.25) is 0 Å². The fourth-order valence-corrected chi connectivity index (χ4v) is 5.38. The van der Waals surface area contributed by atoms with E-state index in [0.717, 1.165) is 44.5 Å². The zero-order valence-corrected chi connectivity index (χ0v) is 23.5. The van der Waals surface area contributed by atoms with Gasteiger partial charge in [-0.1, -0.05) is 76.3 Å². The van der Waals surface area contributed by atoms with Gasteiger partial charge in [-0.15, -0.1) is 26.3 Å². The Labute approximate surface area is 229 Å². The molecule has 3 rings (SSSR count). The molecular formula is C36H42O2. The fourth-order valence-electron chi connectivity index (χ4n) is 5.38. The molecule has 0 spiro atoms. The van der Waals surface area contributed by atoms with Crippen LogP contribution in [0.5, 0.6) is 11.5 Å². The van der Waals surface area contributed by atoms with Crippen molar-refractivity contribution in [3.63, 3.8) is 0 Å². The highest BCUT2D eigenvalue weighted by Gasteiger charge is 2.25. The lowest BCUT2D eigenvalue weighted by Gasteiger charge is -2.26. The molecule has 2 N–H and O–H groups in total. The summed E-state index contributed by atoms with van der Waals surface area (Å²) in [5, 5.41) is 23.2. The number of hydrogen-bond donors (Lipinski definition) is 2. The van der Waals surface area contributed by atoms with Crippen LogP contribution in [0, 0.1) is 0 Å². The Morgan fingerprint density at radius 2 is 1.08 bits per heavy atom. The SMILES string of the molecule is C=CCc1cc(CC=C)c(O)c(-c2ccc(C(C)C)c(C(C)C)c2-c2cc(CC=C)cc(CC=C)c2O)c1. The van der Waals surface area contributed by atoms with E-state index in [1.807, 2.05) is 36.4 Å². The Kier molecular flexibility index (Phi) is 9.58. The maximum absolute atomic E-state index is 11.7. The summed E-state index contributed by atoms with van der Waals surface area (Å²) in [6.07, 6.45) is 9.89. The molecule has 0 aliphatic carbocycles. The van der Waals surface area contributed by atoms with Crippen molar-refractivity contribution in [3.05, 3.63) is 120 Å². The number of rotatable bonds is 12. The molecule has 198 valence electrons. The van der Waals surface area contributed by atoms with Crippen LogP contribution < -0.4 is 0 Å². The van der Waals surface area contributed by atoms with Gasteiger partial charge >= 0.3 is 0 Å². The molecule has 0 fully saturated rings. The number of phenols is 2. The molecule has 3 aromatic rings. The topological polar surface area (TPSA) is 40.5 Å². The Balaban J connectivity index is 2.56. The van der Waals surface area contributed by atoms with Crippen LogP contribution >= 0.6 is 0 Å². The highest BCUT2D eigenvalue weighted by Crippen LogP contribution is 2.48. The van der Waals surface area contributed by atoms with Crippen molar-refractivity contribution in [1.29, 1.82) is 0 Å². The van der Waals surface area contributed by atoms with E-state index in [1.54, 1.807) is 0 Å². The number of aromatic hydroxyl groups is 2. The number of allylic oxidation sites excluding steroid dienone is 4. The zero-order chi connectivity index (χ0) is 28.0. The molecule has 2 nitrogen and oxygen atoms in total. The normalized spacial score (nSPS) is 11.1. The molecular weight excluding hydrogens is 464 g/mol. The molecule has 3 aromatic carbocycles. The monoisotopic (exact) mass is 506 g/mol. The van der Waals surface area contributed by atoms with Gasteiger partial charge in [0.15, 0.2) is 0 Å². The van der Waals surface area contributed by atoms with Crippen LogP contribution in [0.25, 0.3) is 22.3 Å². The average molecular weight is 507 g/mol. The largest absolute Gasteiger partial charge is 0.507 e. The Hall–Kier alpha value is -3.78. The van der Waals surface area contributed by atoms with Crippen molar-refractivity contribution in [2.45, 2.75) is 65.2 Å². The molecule has 0 amide bonds. The fraction of sp³-hybridized carbons (Fsp3) is 0.278. The van der Waals surface area contributed by atoms with Gasteiger partial charge in [0.05, 0.1) is 0 Å². The van der Waals surface area contributed by atoms with Gasteiger partial charge < -0.3 is 10.2 Å². The lowest BCUT2D eigenvalue weighted by molar-refractivity contribution is 0.470. The molecule has 2 heteroatoms. The summed E-state index contributed by atoms with van der Waals surface area (Å²) >= 11 is 0. The molecule has 38 heavy (non-hydrogen) atoms. The van der Waals surface area contributed by atoms with Gasteiger partial charge in [0.1, 0.15) is 11.5 Å². The van der Waals surface area contributed by atoms with Gasteiger partial charge in [-0.05, 0) is 94.2 Å². The summed E-state index contributed by atoms with van der Waals surface area (Å²) < 4.78 is 0. The summed E-state index contributed by atoms with van der Waals surface area (Å²) in [6, 6.07) is 12.5. The Bertz CT molecular complexity index is 1350. The van der Waals surface area contributed by atoms with Crippen molar-refractivity contribution < 1.29 is 10.2 Å². The minimum Gasteiger partial charge on any atom is -0.507 e. The Morgan fingerprint density at radius 3 is 1.53 bits per heavy atom. The smallest absolute Gasteiger partial charge is 0.126 e. The minimum absolute atomic E-state index is 0.193. The van der Waals surface area contributed by atoms with E-state index in [0.29, 0.717) is 31.6 Å². The quantitative estimate of drug-likeness (QED) is 0.240. The van der Waals surface area contributed by atoms with E-state index in [-0.39, 0.29) is 17.4 Å². The third-order valence-corrected chi connectivity index (χ3v) is 7.02. The second-order valence-electron chi connectivity index (χ2n) is 10.6. The maximum atomic E-state index is 11.7. The predicted octanol–water partition coefficient (Wildman–Crippen LogP) is 9.59. The van der Waals surface area contributed by atoms with Gasteiger partial charge in [0, 0.05) is 11.1 Å². The first-order valence-corrected chi connectivity index (χ1v) is 13.5. The van der Waals surface area contributed by atoms with Crippen molar-refractivity contribution >= 4 is 0 Å². The second kappa shape index (κ2) is 12.6. The number of hydrogen-bond acceptors (Lipinski definition) is 2. The van der Waals surface area contributed by atoms with E-state index >= 15 is 0 Å². The molecule has 0 aliphatic rings. The van der Waals surface area contributed by atoms with Crippen LogP contribution in [-0.4, -0.2) is 10.2 Å². The number of benzene rings is 3. The van der Waals surface area contributed by atoms with E-state index in [2.05, 4.69) is 78.3 Å². The summed E-state index contributed by atoms with van der Waals surface area (Å²) in [5.41, 5.74) is 9.66. The van der Waals surface area contributed by atoms with Crippen LogP contribution in [0.3, 0.4) is 0 Å². The van der Waals surface area contributed by atoms with Crippen LogP contribution in [0.4, 0.5) is 0 Å². The third-order valence-electron chi connectivity index (χ3n) is 7.02. The molecule has 0 bridgehead atoms. The van der Waals surface area contributed by atoms with Crippen molar-refractivity contribution in [2.24, 2.45) is 0 Å². The minimum atomic E-state index is 0.193. The van der Waals surface area contributed by atoms with E-state index in [4.69, 9.17) is 0 Å². The van der Waals surface area contributed by atoms with Crippen molar-refractivity contribution in [2.75, 3.05) is 0 Å². The molecule has 0 aliphatic heterocycles. The van der Waals surface area contributed by atoms with Crippen LogP contribution in [-0.2, 0) is 25.7 Å². The molecule has 0 radical (unpaired) electrons. The first-order valence-electron chi connectivity index (χ1n) is 13.5. The molecule has 0 heterocycles. The lowest BCUT2D eigenvalue weighted by Crippen LogP contribution is -2.05.